The van der Waals surface area contributed by atoms with Crippen LogP contribution in [0.1, 0.15) is 38.3 Å². The summed E-state index contributed by atoms with van der Waals surface area (Å²) in [5.74, 6) is -1.96. The van der Waals surface area contributed by atoms with Gasteiger partial charge in [0.25, 0.3) is 0 Å². The van der Waals surface area contributed by atoms with Gasteiger partial charge in [0.15, 0.2) is 11.5 Å². The van der Waals surface area contributed by atoms with Crippen LogP contribution >= 0.6 is 0 Å². The summed E-state index contributed by atoms with van der Waals surface area (Å²) in [5, 5.41) is 12.2. The van der Waals surface area contributed by atoms with Gasteiger partial charge in [-0.3, -0.25) is 14.4 Å². The first-order valence-electron chi connectivity index (χ1n) is 10.1. The van der Waals surface area contributed by atoms with Crippen LogP contribution in [0.15, 0.2) is 41.7 Å². The Morgan fingerprint density at radius 1 is 1.31 bits per heavy atom. The van der Waals surface area contributed by atoms with Crippen LogP contribution in [0.5, 0.6) is 11.5 Å². The van der Waals surface area contributed by atoms with E-state index in [1.54, 1.807) is 24.1 Å². The number of amides is 1. The molecule has 1 heterocycles. The number of ether oxygens (including phenoxy) is 2. The maximum absolute atomic E-state index is 12.7. The number of nitrogens with zero attached hydrogens (tertiary/aromatic N) is 1. The lowest BCUT2D eigenvalue weighted by Gasteiger charge is -2.28. The zero-order chi connectivity index (χ0) is 23.4. The Morgan fingerprint density at radius 3 is 2.69 bits per heavy atom. The summed E-state index contributed by atoms with van der Waals surface area (Å²) in [5.41, 5.74) is 1.66. The topological polar surface area (TPSA) is 105 Å². The molecule has 2 aliphatic rings. The number of nitrogens with one attached hydrogen (secondary N) is 1. The Kier molecular flexibility index (Phi) is 7.12. The van der Waals surface area contributed by atoms with Crippen LogP contribution in [-0.2, 0) is 14.4 Å². The average Bonchev–Trinajstić information content (AvgIpc) is 3.15. The minimum absolute atomic E-state index is 0.0300. The Hall–Kier alpha value is -3.43. The molecule has 1 aliphatic heterocycles. The van der Waals surface area contributed by atoms with Crippen molar-refractivity contribution in [1.29, 1.82) is 0 Å². The molecule has 32 heavy (non-hydrogen) atoms. The van der Waals surface area contributed by atoms with Crippen LogP contribution in [0, 0.1) is 5.92 Å². The van der Waals surface area contributed by atoms with Crippen molar-refractivity contribution in [1.82, 2.24) is 10.2 Å². The Labute approximate surface area is 183 Å². The van der Waals surface area contributed by atoms with Gasteiger partial charge in [-0.2, -0.15) is 8.78 Å². The van der Waals surface area contributed by atoms with Gasteiger partial charge in [0, 0.05) is 37.4 Å². The van der Waals surface area contributed by atoms with E-state index < -0.39 is 24.5 Å². The highest BCUT2D eigenvalue weighted by molar-refractivity contribution is 5.90. The molecule has 0 bridgehead atoms. The van der Waals surface area contributed by atoms with Crippen molar-refractivity contribution < 1.29 is 37.7 Å². The molecule has 0 saturated heterocycles. The molecule has 0 radical (unpaired) electrons. The van der Waals surface area contributed by atoms with Crippen LogP contribution in [0.3, 0.4) is 0 Å². The van der Waals surface area contributed by atoms with Gasteiger partial charge in [0.1, 0.15) is 5.78 Å². The van der Waals surface area contributed by atoms with Crippen LogP contribution in [0.4, 0.5) is 8.78 Å². The number of hydrogen-bond donors (Lipinski definition) is 2. The summed E-state index contributed by atoms with van der Waals surface area (Å²) in [6.07, 6.45) is 3.19. The number of Topliss-reactive ketones (excluding diaryl/α,β-unsaturated/α-hetero) is 1. The van der Waals surface area contributed by atoms with Gasteiger partial charge in [-0.05, 0) is 24.6 Å². The number of hydrogen-bond acceptors (Lipinski definition) is 6. The molecular formula is C22H24F2N2O6. The second-order valence-corrected chi connectivity index (χ2v) is 7.43. The van der Waals surface area contributed by atoms with Crippen LogP contribution < -0.4 is 14.8 Å². The van der Waals surface area contributed by atoms with Gasteiger partial charge in [0.05, 0.1) is 25.0 Å². The van der Waals surface area contributed by atoms with Gasteiger partial charge in [0.2, 0.25) is 5.91 Å². The predicted octanol–water partition coefficient (Wildman–Crippen LogP) is 3.01. The Bertz CT molecular complexity index is 975. The Balaban J connectivity index is 1.97. The summed E-state index contributed by atoms with van der Waals surface area (Å²) in [4.78, 5) is 37.4. The van der Waals surface area contributed by atoms with Crippen molar-refractivity contribution in [3.8, 4) is 11.5 Å². The molecule has 0 spiro atoms. The molecule has 2 N–H and O–H groups in total. The standard InChI is InChI=1S/C22H24F2N2O6/c1-3-31-20-8-13(4-7-19(20)32-22(23)24)17(9-21(29)30)26-10-14-15(11-26)18(28)6-5-16(14)25-12(2)27/h4-5,7-8,10,15,17,22H,3,6,9,11H2,1-2H3,(H,25,27)(H,29,30). The molecule has 2 atom stereocenters. The van der Waals surface area contributed by atoms with E-state index in [9.17, 15) is 28.3 Å². The lowest BCUT2D eigenvalue weighted by Crippen LogP contribution is -2.32. The number of alkyl halides is 2. The van der Waals surface area contributed by atoms with Crippen molar-refractivity contribution in [2.24, 2.45) is 5.92 Å². The fraction of sp³-hybridized carbons (Fsp3) is 0.409. The molecule has 10 heteroatoms. The number of ketones is 1. The number of carboxylic acid groups (broad SMARTS) is 1. The van der Waals surface area contributed by atoms with E-state index in [-0.39, 0.29) is 49.2 Å². The first-order valence-corrected chi connectivity index (χ1v) is 10.1. The fourth-order valence-electron chi connectivity index (χ4n) is 3.94. The predicted molar refractivity (Wildman–Crippen MR) is 109 cm³/mol. The normalized spacial score (nSPS) is 18.6. The third-order valence-corrected chi connectivity index (χ3v) is 5.23. The monoisotopic (exact) mass is 450 g/mol. The summed E-state index contributed by atoms with van der Waals surface area (Å²) in [6.45, 7) is 0.450. The van der Waals surface area contributed by atoms with Gasteiger partial charge in [-0.15, -0.1) is 0 Å². The van der Waals surface area contributed by atoms with Crippen molar-refractivity contribution >= 4 is 17.7 Å². The maximum Gasteiger partial charge on any atom is 0.387 e. The van der Waals surface area contributed by atoms with E-state index in [1.807, 2.05) is 0 Å². The lowest BCUT2D eigenvalue weighted by atomic mass is 9.88. The van der Waals surface area contributed by atoms with Crippen molar-refractivity contribution in [3.63, 3.8) is 0 Å². The molecule has 8 nitrogen and oxygen atoms in total. The van der Waals surface area contributed by atoms with Crippen molar-refractivity contribution in [2.75, 3.05) is 13.2 Å². The zero-order valence-electron chi connectivity index (χ0n) is 17.6. The molecule has 0 fully saturated rings. The number of benzene rings is 1. The molecule has 1 amide bonds. The first kappa shape index (κ1) is 23.2. The molecule has 2 unspecified atom stereocenters. The van der Waals surface area contributed by atoms with E-state index in [2.05, 4.69) is 10.1 Å². The molecule has 3 rings (SSSR count). The highest BCUT2D eigenvalue weighted by atomic mass is 19.3. The zero-order valence-corrected chi connectivity index (χ0v) is 17.6. The second-order valence-electron chi connectivity index (χ2n) is 7.43. The summed E-state index contributed by atoms with van der Waals surface area (Å²) in [6, 6.07) is 3.59. The van der Waals surface area contributed by atoms with Crippen LogP contribution in [0.2, 0.25) is 0 Å². The summed E-state index contributed by atoms with van der Waals surface area (Å²) < 4.78 is 35.3. The van der Waals surface area contributed by atoms with E-state index in [0.717, 1.165) is 0 Å². The number of fused-ring (bicyclic) bond motifs is 1. The van der Waals surface area contributed by atoms with E-state index in [0.29, 0.717) is 16.8 Å². The first-order chi connectivity index (χ1) is 15.2. The number of rotatable bonds is 9. The number of carboxylic acids is 1. The quantitative estimate of drug-likeness (QED) is 0.596. The fourth-order valence-corrected chi connectivity index (χ4v) is 3.94. The summed E-state index contributed by atoms with van der Waals surface area (Å²) >= 11 is 0. The van der Waals surface area contributed by atoms with E-state index in [1.165, 1.54) is 25.1 Å². The van der Waals surface area contributed by atoms with Crippen LogP contribution in [-0.4, -0.2) is 47.4 Å². The van der Waals surface area contributed by atoms with Gasteiger partial charge in [-0.1, -0.05) is 12.1 Å². The Morgan fingerprint density at radius 2 is 2.06 bits per heavy atom. The molecule has 0 saturated carbocycles. The molecule has 1 aromatic carbocycles. The third kappa shape index (κ3) is 5.24. The lowest BCUT2D eigenvalue weighted by molar-refractivity contribution is -0.138. The number of aliphatic carboxylic acids is 1. The largest absolute Gasteiger partial charge is 0.490 e. The van der Waals surface area contributed by atoms with Gasteiger partial charge >= 0.3 is 12.6 Å². The number of allylic oxidation sites excluding steroid dienone is 2. The maximum atomic E-state index is 12.7. The van der Waals surface area contributed by atoms with Crippen LogP contribution in [0.25, 0.3) is 0 Å². The van der Waals surface area contributed by atoms with Gasteiger partial charge < -0.3 is 24.8 Å². The highest BCUT2D eigenvalue weighted by Gasteiger charge is 2.38. The SMILES string of the molecule is CCOc1cc(C(CC(=O)O)N2C=C3C(NC(C)=O)=CCC(=O)C3C2)ccc1OC(F)F. The molecule has 172 valence electrons. The third-order valence-electron chi connectivity index (χ3n) is 5.23. The number of carbonyl (C=O) groups is 3. The minimum Gasteiger partial charge on any atom is -0.490 e. The molecule has 1 aliphatic carbocycles. The highest BCUT2D eigenvalue weighted by Crippen LogP contribution is 2.40. The minimum atomic E-state index is -3.04. The molecular weight excluding hydrogens is 426 g/mol. The molecule has 1 aromatic rings. The average molecular weight is 450 g/mol. The van der Waals surface area contributed by atoms with Gasteiger partial charge in [-0.25, -0.2) is 0 Å². The number of carbonyl (C=O) groups excluding carboxylic acids is 2. The van der Waals surface area contributed by atoms with E-state index >= 15 is 0 Å². The van der Waals surface area contributed by atoms with Crippen molar-refractivity contribution in [2.45, 2.75) is 39.3 Å². The molecule has 0 aromatic heterocycles. The van der Waals surface area contributed by atoms with E-state index in [4.69, 9.17) is 4.74 Å². The van der Waals surface area contributed by atoms with Crippen molar-refractivity contribution in [3.05, 3.63) is 47.3 Å². The second kappa shape index (κ2) is 9.80. The smallest absolute Gasteiger partial charge is 0.387 e. The summed E-state index contributed by atoms with van der Waals surface area (Å²) in [7, 11) is 0. The number of halogens is 2.